The minimum Gasteiger partial charge on any atom is -0.398 e. The first-order valence-corrected chi connectivity index (χ1v) is 7.37. The Hall–Kier alpha value is -2.29. The third kappa shape index (κ3) is 3.43. The Morgan fingerprint density at radius 3 is 2.48 bits per heavy atom. The van der Waals surface area contributed by atoms with Gasteiger partial charge in [0.15, 0.2) is 0 Å². The van der Waals surface area contributed by atoms with Gasteiger partial charge in [-0.25, -0.2) is 0 Å². The zero-order valence-corrected chi connectivity index (χ0v) is 12.7. The quantitative estimate of drug-likeness (QED) is 0.842. The summed E-state index contributed by atoms with van der Waals surface area (Å²) in [7, 11) is 0. The summed E-state index contributed by atoms with van der Waals surface area (Å²) in [6.07, 6.45) is 2.02. The van der Waals surface area contributed by atoms with Gasteiger partial charge in [-0.3, -0.25) is 4.79 Å². The smallest absolute Gasteiger partial charge is 0.258 e. The Morgan fingerprint density at radius 1 is 1.10 bits per heavy atom. The lowest BCUT2D eigenvalue weighted by molar-refractivity contribution is 0.0986. The van der Waals surface area contributed by atoms with E-state index in [1.807, 2.05) is 60.4 Å². The van der Waals surface area contributed by atoms with E-state index >= 15 is 0 Å². The van der Waals surface area contributed by atoms with Crippen molar-refractivity contribution in [3.8, 4) is 0 Å². The maximum Gasteiger partial charge on any atom is 0.258 e. The summed E-state index contributed by atoms with van der Waals surface area (Å²) in [4.78, 5) is 14.7. The molecule has 2 rings (SSSR count). The van der Waals surface area contributed by atoms with Crippen molar-refractivity contribution in [3.63, 3.8) is 0 Å². The number of rotatable bonds is 5. The highest BCUT2D eigenvalue weighted by Gasteiger charge is 2.19. The summed E-state index contributed by atoms with van der Waals surface area (Å²) in [6.45, 7) is 4.73. The molecule has 3 nitrogen and oxygen atoms in total. The van der Waals surface area contributed by atoms with Crippen LogP contribution in [0.5, 0.6) is 0 Å². The van der Waals surface area contributed by atoms with E-state index in [9.17, 15) is 4.79 Å². The number of anilines is 2. The molecule has 0 aliphatic heterocycles. The van der Waals surface area contributed by atoms with Crippen molar-refractivity contribution in [1.82, 2.24) is 0 Å². The molecule has 110 valence electrons. The maximum absolute atomic E-state index is 12.9. The number of para-hydroxylation sites is 1. The van der Waals surface area contributed by atoms with Gasteiger partial charge in [-0.05, 0) is 43.2 Å². The third-order valence-corrected chi connectivity index (χ3v) is 3.65. The van der Waals surface area contributed by atoms with E-state index in [4.69, 9.17) is 5.73 Å². The molecule has 2 N–H and O–H groups in total. The van der Waals surface area contributed by atoms with Gasteiger partial charge in [0.1, 0.15) is 0 Å². The van der Waals surface area contributed by atoms with Gasteiger partial charge < -0.3 is 10.6 Å². The number of hydrogen-bond donors (Lipinski definition) is 1. The molecule has 1 amide bonds. The zero-order valence-electron chi connectivity index (χ0n) is 12.7. The summed E-state index contributed by atoms with van der Waals surface area (Å²) >= 11 is 0. The average molecular weight is 282 g/mol. The number of nitrogens with zero attached hydrogens (tertiary/aromatic N) is 1. The number of hydrogen-bond acceptors (Lipinski definition) is 2. The minimum absolute atomic E-state index is 0.0134. The molecule has 0 atom stereocenters. The summed E-state index contributed by atoms with van der Waals surface area (Å²) < 4.78 is 0. The Kier molecular flexibility index (Phi) is 4.99. The second-order valence-electron chi connectivity index (χ2n) is 5.17. The SMILES string of the molecule is CCCCN(C(=O)c1cccc(N)c1C)c1ccccc1. The van der Waals surface area contributed by atoms with E-state index < -0.39 is 0 Å². The molecule has 0 aliphatic rings. The summed E-state index contributed by atoms with van der Waals surface area (Å²) in [5, 5.41) is 0. The lowest BCUT2D eigenvalue weighted by atomic mass is 10.0. The standard InChI is InChI=1S/C18H22N2O/c1-3-4-13-20(15-9-6-5-7-10-15)18(21)16-11-8-12-17(19)14(16)2/h5-12H,3-4,13,19H2,1-2H3. The number of amides is 1. The molecule has 0 aromatic heterocycles. The molecule has 3 heteroatoms. The second kappa shape index (κ2) is 6.93. The van der Waals surface area contributed by atoms with Gasteiger partial charge in [0.05, 0.1) is 0 Å². The van der Waals surface area contributed by atoms with E-state index in [2.05, 4.69) is 6.92 Å². The zero-order chi connectivity index (χ0) is 15.2. The van der Waals surface area contributed by atoms with Crippen LogP contribution in [0, 0.1) is 6.92 Å². The van der Waals surface area contributed by atoms with Crippen molar-refractivity contribution in [2.75, 3.05) is 17.2 Å². The van der Waals surface area contributed by atoms with E-state index in [1.54, 1.807) is 0 Å². The fourth-order valence-corrected chi connectivity index (χ4v) is 2.30. The second-order valence-corrected chi connectivity index (χ2v) is 5.17. The maximum atomic E-state index is 12.9. The van der Waals surface area contributed by atoms with Gasteiger partial charge in [-0.1, -0.05) is 37.6 Å². The first-order chi connectivity index (χ1) is 10.1. The van der Waals surface area contributed by atoms with Crippen LogP contribution >= 0.6 is 0 Å². The van der Waals surface area contributed by atoms with Crippen LogP contribution in [0.25, 0.3) is 0 Å². The number of unbranched alkanes of at least 4 members (excludes halogenated alkanes) is 1. The molecule has 0 aliphatic carbocycles. The molecular weight excluding hydrogens is 260 g/mol. The highest BCUT2D eigenvalue weighted by molar-refractivity contribution is 6.07. The molecule has 0 saturated heterocycles. The van der Waals surface area contributed by atoms with Crippen molar-refractivity contribution in [2.24, 2.45) is 0 Å². The Bertz CT molecular complexity index is 608. The van der Waals surface area contributed by atoms with Crippen LogP contribution in [0.2, 0.25) is 0 Å². The van der Waals surface area contributed by atoms with Gasteiger partial charge in [-0.2, -0.15) is 0 Å². The van der Waals surface area contributed by atoms with Crippen LogP contribution in [0.1, 0.15) is 35.7 Å². The van der Waals surface area contributed by atoms with Crippen LogP contribution in [-0.4, -0.2) is 12.5 Å². The van der Waals surface area contributed by atoms with Crippen LogP contribution < -0.4 is 10.6 Å². The van der Waals surface area contributed by atoms with Gasteiger partial charge >= 0.3 is 0 Å². The summed E-state index contributed by atoms with van der Waals surface area (Å²) in [5.74, 6) is 0.0134. The van der Waals surface area contributed by atoms with E-state index in [0.717, 1.165) is 24.1 Å². The molecule has 2 aromatic carbocycles. The summed E-state index contributed by atoms with van der Waals surface area (Å²) in [5.41, 5.74) is 9.03. The number of carbonyl (C=O) groups excluding carboxylic acids is 1. The lowest BCUT2D eigenvalue weighted by Crippen LogP contribution is -2.32. The highest BCUT2D eigenvalue weighted by Crippen LogP contribution is 2.22. The van der Waals surface area contributed by atoms with Crippen molar-refractivity contribution in [1.29, 1.82) is 0 Å². The van der Waals surface area contributed by atoms with E-state index in [0.29, 0.717) is 17.8 Å². The lowest BCUT2D eigenvalue weighted by Gasteiger charge is -2.24. The highest BCUT2D eigenvalue weighted by atomic mass is 16.2. The number of carbonyl (C=O) groups is 1. The van der Waals surface area contributed by atoms with Crippen molar-refractivity contribution in [3.05, 3.63) is 59.7 Å². The number of nitrogen functional groups attached to an aromatic ring is 1. The van der Waals surface area contributed by atoms with Crippen LogP contribution in [0.4, 0.5) is 11.4 Å². The molecule has 0 heterocycles. The molecule has 0 unspecified atom stereocenters. The Labute approximate surface area is 126 Å². The van der Waals surface area contributed by atoms with Crippen LogP contribution in [-0.2, 0) is 0 Å². The third-order valence-electron chi connectivity index (χ3n) is 3.65. The topological polar surface area (TPSA) is 46.3 Å². The molecule has 0 fully saturated rings. The van der Waals surface area contributed by atoms with Crippen molar-refractivity contribution >= 4 is 17.3 Å². The molecule has 0 spiro atoms. The summed E-state index contributed by atoms with van der Waals surface area (Å²) in [6, 6.07) is 15.3. The normalized spacial score (nSPS) is 10.4. The predicted octanol–water partition coefficient (Wildman–Crippen LogP) is 4.02. The van der Waals surface area contributed by atoms with E-state index in [-0.39, 0.29) is 5.91 Å². The molecular formula is C18H22N2O. The predicted molar refractivity (Wildman–Crippen MR) is 88.6 cm³/mol. The number of nitrogens with two attached hydrogens (primary N) is 1. The van der Waals surface area contributed by atoms with E-state index in [1.165, 1.54) is 0 Å². The first kappa shape index (κ1) is 15.1. The molecule has 21 heavy (non-hydrogen) atoms. The van der Waals surface area contributed by atoms with Crippen molar-refractivity contribution in [2.45, 2.75) is 26.7 Å². The number of benzene rings is 2. The molecule has 0 radical (unpaired) electrons. The molecule has 0 saturated carbocycles. The Morgan fingerprint density at radius 2 is 1.81 bits per heavy atom. The minimum atomic E-state index is 0.0134. The van der Waals surface area contributed by atoms with Crippen LogP contribution in [0.15, 0.2) is 48.5 Å². The fraction of sp³-hybridized carbons (Fsp3) is 0.278. The van der Waals surface area contributed by atoms with Gasteiger partial charge in [0.25, 0.3) is 5.91 Å². The monoisotopic (exact) mass is 282 g/mol. The van der Waals surface area contributed by atoms with Crippen LogP contribution in [0.3, 0.4) is 0 Å². The van der Waals surface area contributed by atoms with Gasteiger partial charge in [0.2, 0.25) is 0 Å². The van der Waals surface area contributed by atoms with Gasteiger partial charge in [0, 0.05) is 23.5 Å². The van der Waals surface area contributed by atoms with Gasteiger partial charge in [-0.15, -0.1) is 0 Å². The average Bonchev–Trinajstić information content (AvgIpc) is 2.51. The largest absolute Gasteiger partial charge is 0.398 e. The van der Waals surface area contributed by atoms with Crippen molar-refractivity contribution < 1.29 is 4.79 Å². The fourth-order valence-electron chi connectivity index (χ4n) is 2.30. The molecule has 2 aromatic rings. The Balaban J connectivity index is 2.36. The molecule has 0 bridgehead atoms. The first-order valence-electron chi connectivity index (χ1n) is 7.37.